The van der Waals surface area contributed by atoms with Crippen LogP contribution in [0.3, 0.4) is 0 Å². The number of nitrogens with zero attached hydrogens (tertiary/aromatic N) is 1. The summed E-state index contributed by atoms with van der Waals surface area (Å²) >= 11 is 0. The predicted octanol–water partition coefficient (Wildman–Crippen LogP) is 1.49. The van der Waals surface area contributed by atoms with E-state index in [0.29, 0.717) is 18.7 Å². The molecule has 1 atom stereocenters. The minimum Gasteiger partial charge on any atom is -0.507 e. The fourth-order valence-electron chi connectivity index (χ4n) is 2.20. The predicted molar refractivity (Wildman–Crippen MR) is 69.0 cm³/mol. The Bertz CT molecular complexity index is 520. The van der Waals surface area contributed by atoms with Gasteiger partial charge in [0.05, 0.1) is 11.5 Å². The number of phenolic OH excluding ortho intramolecular Hbond substituents is 1. The molecule has 1 heterocycles. The van der Waals surface area contributed by atoms with Crippen molar-refractivity contribution in [2.45, 2.75) is 13.8 Å². The second-order valence-electron chi connectivity index (χ2n) is 5.07. The van der Waals surface area contributed by atoms with Gasteiger partial charge in [-0.2, -0.15) is 0 Å². The number of hydrogen-bond acceptors (Lipinski definition) is 3. The number of para-hydroxylation sites is 1. The molecular weight excluding hydrogens is 246 g/mol. The first-order valence-electron chi connectivity index (χ1n) is 6.22. The molecule has 1 aliphatic rings. The van der Waals surface area contributed by atoms with E-state index in [1.165, 1.54) is 0 Å². The van der Waals surface area contributed by atoms with Crippen molar-refractivity contribution in [3.8, 4) is 5.75 Å². The summed E-state index contributed by atoms with van der Waals surface area (Å²) in [5.74, 6) is -1.53. The van der Waals surface area contributed by atoms with Crippen molar-refractivity contribution < 1.29 is 19.8 Å². The number of rotatable bonds is 3. The summed E-state index contributed by atoms with van der Waals surface area (Å²) in [6.07, 6.45) is 0. The Kier molecular flexibility index (Phi) is 3.46. The highest BCUT2D eigenvalue weighted by molar-refractivity contribution is 5.97. The van der Waals surface area contributed by atoms with Gasteiger partial charge in [0.2, 0.25) is 0 Å². The number of aliphatic carboxylic acids is 1. The van der Waals surface area contributed by atoms with Gasteiger partial charge in [0.15, 0.2) is 0 Å². The van der Waals surface area contributed by atoms with Crippen molar-refractivity contribution in [1.82, 2.24) is 4.90 Å². The number of hydrogen-bond donors (Lipinski definition) is 2. The molecule has 5 heteroatoms. The molecule has 1 unspecified atom stereocenters. The van der Waals surface area contributed by atoms with E-state index < -0.39 is 11.9 Å². The number of likely N-dealkylation sites (tertiary alicyclic amines) is 1. The lowest BCUT2D eigenvalue weighted by atomic mass is 9.86. The van der Waals surface area contributed by atoms with Crippen LogP contribution in [0.15, 0.2) is 18.2 Å². The highest BCUT2D eigenvalue weighted by atomic mass is 16.4. The van der Waals surface area contributed by atoms with Crippen molar-refractivity contribution in [1.29, 1.82) is 0 Å². The Labute approximate surface area is 111 Å². The third kappa shape index (κ3) is 2.41. The summed E-state index contributed by atoms with van der Waals surface area (Å²) in [5.41, 5.74) is 0.934. The molecule has 0 aromatic heterocycles. The van der Waals surface area contributed by atoms with Gasteiger partial charge >= 0.3 is 5.97 Å². The van der Waals surface area contributed by atoms with Crippen LogP contribution in [0.25, 0.3) is 0 Å². The smallest absolute Gasteiger partial charge is 0.306 e. The monoisotopic (exact) mass is 263 g/mol. The van der Waals surface area contributed by atoms with E-state index in [2.05, 4.69) is 0 Å². The second kappa shape index (κ2) is 4.91. The van der Waals surface area contributed by atoms with Crippen LogP contribution in [-0.4, -0.2) is 40.1 Å². The molecule has 1 aliphatic heterocycles. The minimum atomic E-state index is -0.837. The van der Waals surface area contributed by atoms with Crippen LogP contribution in [0, 0.1) is 18.8 Å². The summed E-state index contributed by atoms with van der Waals surface area (Å²) < 4.78 is 0. The largest absolute Gasteiger partial charge is 0.507 e. The summed E-state index contributed by atoms with van der Waals surface area (Å²) in [6, 6.07) is 5.04. The van der Waals surface area contributed by atoms with E-state index in [4.69, 9.17) is 5.11 Å². The summed E-state index contributed by atoms with van der Waals surface area (Å²) in [5, 5.41) is 18.8. The van der Waals surface area contributed by atoms with Gasteiger partial charge in [0.1, 0.15) is 5.75 Å². The number of carboxylic acid groups (broad SMARTS) is 1. The lowest BCUT2D eigenvalue weighted by Gasteiger charge is -2.41. The average Bonchev–Trinajstić information content (AvgIpc) is 2.30. The number of aromatic hydroxyl groups is 1. The minimum absolute atomic E-state index is 0.00207. The quantitative estimate of drug-likeness (QED) is 0.866. The number of aryl methyl sites for hydroxylation is 1. The molecule has 1 fully saturated rings. The first-order valence-corrected chi connectivity index (χ1v) is 6.22. The van der Waals surface area contributed by atoms with E-state index in [9.17, 15) is 14.7 Å². The van der Waals surface area contributed by atoms with E-state index in [0.717, 1.165) is 0 Å². The molecule has 0 bridgehead atoms. The van der Waals surface area contributed by atoms with Gasteiger partial charge < -0.3 is 15.1 Å². The molecule has 0 radical (unpaired) electrons. The van der Waals surface area contributed by atoms with Crippen LogP contribution in [0.4, 0.5) is 0 Å². The van der Waals surface area contributed by atoms with Gasteiger partial charge in [0, 0.05) is 19.0 Å². The average molecular weight is 263 g/mol. The molecule has 0 spiro atoms. The Morgan fingerprint density at radius 3 is 2.58 bits per heavy atom. The van der Waals surface area contributed by atoms with E-state index >= 15 is 0 Å². The lowest BCUT2D eigenvalue weighted by molar-refractivity contribution is -0.144. The Morgan fingerprint density at radius 1 is 1.37 bits per heavy atom. The van der Waals surface area contributed by atoms with Crippen LogP contribution in [-0.2, 0) is 4.79 Å². The second-order valence-corrected chi connectivity index (χ2v) is 5.07. The van der Waals surface area contributed by atoms with Gasteiger partial charge in [-0.3, -0.25) is 9.59 Å². The molecule has 1 aromatic carbocycles. The van der Waals surface area contributed by atoms with E-state index in [-0.39, 0.29) is 23.1 Å². The van der Waals surface area contributed by atoms with Gasteiger partial charge in [-0.15, -0.1) is 0 Å². The maximum atomic E-state index is 12.2. The molecule has 0 aliphatic carbocycles. The van der Waals surface area contributed by atoms with Crippen LogP contribution in [0.5, 0.6) is 5.75 Å². The molecule has 2 rings (SSSR count). The summed E-state index contributed by atoms with van der Waals surface area (Å²) in [7, 11) is 0. The highest BCUT2D eigenvalue weighted by Gasteiger charge is 2.38. The molecule has 1 saturated heterocycles. The number of carboxylic acids is 1. The van der Waals surface area contributed by atoms with Crippen LogP contribution < -0.4 is 0 Å². The van der Waals surface area contributed by atoms with Crippen LogP contribution in [0.1, 0.15) is 22.8 Å². The van der Waals surface area contributed by atoms with Crippen molar-refractivity contribution >= 4 is 11.9 Å². The number of phenols is 1. The fourth-order valence-corrected chi connectivity index (χ4v) is 2.20. The zero-order chi connectivity index (χ0) is 14.2. The lowest BCUT2D eigenvalue weighted by Crippen LogP contribution is -2.53. The highest BCUT2D eigenvalue weighted by Crippen LogP contribution is 2.29. The maximum absolute atomic E-state index is 12.2. The van der Waals surface area contributed by atoms with Gasteiger partial charge in [-0.1, -0.05) is 19.1 Å². The van der Waals surface area contributed by atoms with Crippen LogP contribution >= 0.6 is 0 Å². The first kappa shape index (κ1) is 13.4. The SMILES string of the molecule is Cc1cccc(C(=O)N2CC(C(C)C(=O)O)C2)c1O. The third-order valence-electron chi connectivity index (χ3n) is 3.76. The summed E-state index contributed by atoms with van der Waals surface area (Å²) in [4.78, 5) is 24.6. The topological polar surface area (TPSA) is 77.8 Å². The number of carbonyl (C=O) groups is 2. The molecular formula is C14H17NO4. The molecule has 19 heavy (non-hydrogen) atoms. The number of amides is 1. The zero-order valence-electron chi connectivity index (χ0n) is 11.0. The first-order chi connectivity index (χ1) is 8.91. The fraction of sp³-hybridized carbons (Fsp3) is 0.429. The Morgan fingerprint density at radius 2 is 2.00 bits per heavy atom. The molecule has 0 saturated carbocycles. The maximum Gasteiger partial charge on any atom is 0.306 e. The normalized spacial score (nSPS) is 16.8. The molecule has 5 nitrogen and oxygen atoms in total. The van der Waals surface area contributed by atoms with E-state index in [1.807, 2.05) is 0 Å². The zero-order valence-corrected chi connectivity index (χ0v) is 11.0. The third-order valence-corrected chi connectivity index (χ3v) is 3.76. The summed E-state index contributed by atoms with van der Waals surface area (Å²) in [6.45, 7) is 4.25. The van der Waals surface area contributed by atoms with Crippen molar-refractivity contribution in [3.05, 3.63) is 29.3 Å². The van der Waals surface area contributed by atoms with Crippen molar-refractivity contribution in [2.75, 3.05) is 13.1 Å². The Hall–Kier alpha value is -2.04. The molecule has 1 amide bonds. The van der Waals surface area contributed by atoms with E-state index in [1.54, 1.807) is 36.9 Å². The van der Waals surface area contributed by atoms with Crippen LogP contribution in [0.2, 0.25) is 0 Å². The van der Waals surface area contributed by atoms with Crippen molar-refractivity contribution in [2.24, 2.45) is 11.8 Å². The van der Waals surface area contributed by atoms with Gasteiger partial charge in [0.25, 0.3) is 5.91 Å². The molecule has 1 aromatic rings. The molecule has 2 N–H and O–H groups in total. The molecule has 102 valence electrons. The van der Waals surface area contributed by atoms with Gasteiger partial charge in [-0.25, -0.2) is 0 Å². The Balaban J connectivity index is 2.04. The number of carbonyl (C=O) groups excluding carboxylic acids is 1. The standard InChI is InChI=1S/C14H17NO4/c1-8-4-3-5-11(12(8)16)13(17)15-6-10(7-15)9(2)14(18)19/h3-5,9-10,16H,6-7H2,1-2H3,(H,18,19). The van der Waals surface area contributed by atoms with Crippen molar-refractivity contribution in [3.63, 3.8) is 0 Å². The van der Waals surface area contributed by atoms with Gasteiger partial charge in [-0.05, 0) is 18.6 Å². The number of benzene rings is 1.